The van der Waals surface area contributed by atoms with Crippen LogP contribution in [0.25, 0.3) is 0 Å². The molecule has 0 atom stereocenters. The monoisotopic (exact) mass is 264 g/mol. The lowest BCUT2D eigenvalue weighted by atomic mass is 10.1. The number of carboxylic acid groups (broad SMARTS) is 1. The summed E-state index contributed by atoms with van der Waals surface area (Å²) >= 11 is 0. The van der Waals surface area contributed by atoms with E-state index in [0.29, 0.717) is 6.07 Å². The number of halogens is 2. The Morgan fingerprint density at radius 3 is 2.47 bits per heavy atom. The number of rotatable bonds is 3. The fourth-order valence-electron chi connectivity index (χ4n) is 1.57. The molecule has 0 bridgehead atoms. The van der Waals surface area contributed by atoms with E-state index in [1.807, 2.05) is 0 Å². The van der Waals surface area contributed by atoms with Gasteiger partial charge in [-0.2, -0.15) is 0 Å². The average Bonchev–Trinajstić information content (AvgIpc) is 2.32. The van der Waals surface area contributed by atoms with Crippen molar-refractivity contribution in [1.82, 2.24) is 0 Å². The van der Waals surface area contributed by atoms with Crippen molar-refractivity contribution < 1.29 is 23.4 Å². The maximum Gasteiger partial charge on any atom is 0.339 e. The van der Waals surface area contributed by atoms with Crippen LogP contribution in [0.4, 0.5) is 8.78 Å². The van der Waals surface area contributed by atoms with Crippen molar-refractivity contribution in [2.24, 2.45) is 0 Å². The Hall–Kier alpha value is -2.43. The third kappa shape index (κ3) is 2.88. The predicted molar refractivity (Wildman–Crippen MR) is 64.6 cm³/mol. The maximum atomic E-state index is 13.5. The molecule has 19 heavy (non-hydrogen) atoms. The quantitative estimate of drug-likeness (QED) is 0.918. The van der Waals surface area contributed by atoms with Crippen molar-refractivity contribution in [2.45, 2.75) is 6.92 Å². The van der Waals surface area contributed by atoms with E-state index < -0.39 is 17.6 Å². The molecule has 1 N–H and O–H groups in total. The summed E-state index contributed by atoms with van der Waals surface area (Å²) in [5.41, 5.74) is 0.678. The average molecular weight is 264 g/mol. The second-order valence-corrected chi connectivity index (χ2v) is 3.98. The van der Waals surface area contributed by atoms with E-state index in [-0.39, 0.29) is 17.1 Å². The minimum Gasteiger partial charge on any atom is -0.478 e. The predicted octanol–water partition coefficient (Wildman–Crippen LogP) is 3.76. The van der Waals surface area contributed by atoms with Crippen LogP contribution in [-0.4, -0.2) is 11.1 Å². The Labute approximate surface area is 108 Å². The summed E-state index contributed by atoms with van der Waals surface area (Å²) in [4.78, 5) is 11.0. The highest BCUT2D eigenvalue weighted by Crippen LogP contribution is 2.28. The highest BCUT2D eigenvalue weighted by atomic mass is 19.1. The Bertz CT molecular complexity index is 639. The van der Waals surface area contributed by atoms with Crippen molar-refractivity contribution in [2.75, 3.05) is 0 Å². The second-order valence-electron chi connectivity index (χ2n) is 3.98. The smallest absolute Gasteiger partial charge is 0.339 e. The van der Waals surface area contributed by atoms with Crippen molar-refractivity contribution >= 4 is 5.97 Å². The van der Waals surface area contributed by atoms with Crippen LogP contribution in [-0.2, 0) is 0 Å². The van der Waals surface area contributed by atoms with Crippen LogP contribution in [0, 0.1) is 18.6 Å². The summed E-state index contributed by atoms with van der Waals surface area (Å²) in [5.74, 6) is -3.02. The molecule has 0 amide bonds. The third-order valence-corrected chi connectivity index (χ3v) is 2.48. The topological polar surface area (TPSA) is 46.5 Å². The first kappa shape index (κ1) is 13.0. The molecule has 0 radical (unpaired) electrons. The standard InChI is InChI=1S/C14H10F2O3/c1-8-2-4-10(14(17)18)13(6-8)19-12-5-3-9(15)7-11(12)16/h2-7H,1H3,(H,17,18). The number of ether oxygens (including phenoxy) is 1. The lowest BCUT2D eigenvalue weighted by molar-refractivity contribution is 0.0694. The zero-order valence-corrected chi connectivity index (χ0v) is 9.98. The molecule has 0 saturated heterocycles. The summed E-state index contributed by atoms with van der Waals surface area (Å²) in [5, 5.41) is 9.01. The highest BCUT2D eigenvalue weighted by Gasteiger charge is 2.14. The highest BCUT2D eigenvalue weighted by molar-refractivity contribution is 5.91. The first-order valence-corrected chi connectivity index (χ1v) is 5.44. The van der Waals surface area contributed by atoms with Crippen LogP contribution < -0.4 is 4.74 Å². The number of carboxylic acids is 1. The minimum absolute atomic E-state index is 0.0120. The Balaban J connectivity index is 2.42. The maximum absolute atomic E-state index is 13.5. The van der Waals surface area contributed by atoms with Crippen molar-refractivity contribution in [3.63, 3.8) is 0 Å². The molecular formula is C14H10F2O3. The first-order chi connectivity index (χ1) is 8.97. The van der Waals surface area contributed by atoms with Crippen LogP contribution in [0.2, 0.25) is 0 Å². The van der Waals surface area contributed by atoms with Crippen LogP contribution in [0.1, 0.15) is 15.9 Å². The van der Waals surface area contributed by atoms with Crippen molar-refractivity contribution in [1.29, 1.82) is 0 Å². The van der Waals surface area contributed by atoms with Crippen molar-refractivity contribution in [3.05, 3.63) is 59.2 Å². The molecule has 0 spiro atoms. The molecule has 0 unspecified atom stereocenters. The van der Waals surface area contributed by atoms with E-state index in [0.717, 1.165) is 17.7 Å². The molecule has 0 aliphatic heterocycles. The van der Waals surface area contributed by atoms with Gasteiger partial charge >= 0.3 is 5.97 Å². The second kappa shape index (κ2) is 5.06. The third-order valence-electron chi connectivity index (χ3n) is 2.48. The van der Waals surface area contributed by atoms with Crippen molar-refractivity contribution in [3.8, 4) is 11.5 Å². The molecule has 2 rings (SSSR count). The van der Waals surface area contributed by atoms with E-state index in [2.05, 4.69) is 0 Å². The Morgan fingerprint density at radius 1 is 1.11 bits per heavy atom. The van der Waals surface area contributed by atoms with E-state index in [1.54, 1.807) is 13.0 Å². The van der Waals surface area contributed by atoms with Gasteiger partial charge in [0.05, 0.1) is 0 Å². The SMILES string of the molecule is Cc1ccc(C(=O)O)c(Oc2ccc(F)cc2F)c1. The molecule has 0 heterocycles. The molecule has 0 aliphatic rings. The van der Waals surface area contributed by atoms with Crippen LogP contribution in [0.3, 0.4) is 0 Å². The van der Waals surface area contributed by atoms with Gasteiger partial charge in [-0.25, -0.2) is 13.6 Å². The lowest BCUT2D eigenvalue weighted by Crippen LogP contribution is -2.01. The molecule has 3 nitrogen and oxygen atoms in total. The van der Waals surface area contributed by atoms with Crippen LogP contribution in [0.15, 0.2) is 36.4 Å². The first-order valence-electron chi connectivity index (χ1n) is 5.44. The summed E-state index contributed by atoms with van der Waals surface area (Å²) < 4.78 is 31.4. The molecule has 0 saturated carbocycles. The van der Waals surface area contributed by atoms with Gasteiger partial charge in [0.2, 0.25) is 0 Å². The van der Waals surface area contributed by atoms with Gasteiger partial charge in [0.1, 0.15) is 17.1 Å². The number of aromatic carboxylic acids is 1. The van der Waals surface area contributed by atoms with Gasteiger partial charge in [-0.3, -0.25) is 0 Å². The van der Waals surface area contributed by atoms with Gasteiger partial charge in [0, 0.05) is 6.07 Å². The summed E-state index contributed by atoms with van der Waals surface area (Å²) in [6.45, 7) is 1.75. The lowest BCUT2D eigenvalue weighted by Gasteiger charge is -2.10. The molecule has 5 heteroatoms. The normalized spacial score (nSPS) is 10.3. The fraction of sp³-hybridized carbons (Fsp3) is 0.0714. The molecule has 2 aromatic carbocycles. The molecular weight excluding hydrogens is 254 g/mol. The largest absolute Gasteiger partial charge is 0.478 e. The van der Waals surface area contributed by atoms with E-state index >= 15 is 0 Å². The van der Waals surface area contributed by atoms with E-state index in [9.17, 15) is 13.6 Å². The zero-order valence-electron chi connectivity index (χ0n) is 9.98. The number of benzene rings is 2. The molecule has 0 aliphatic carbocycles. The van der Waals surface area contributed by atoms with Gasteiger partial charge in [0.25, 0.3) is 0 Å². The van der Waals surface area contributed by atoms with Gasteiger partial charge in [-0.1, -0.05) is 6.07 Å². The summed E-state index contributed by atoms with van der Waals surface area (Å²) in [7, 11) is 0. The van der Waals surface area contributed by atoms with Crippen LogP contribution in [0.5, 0.6) is 11.5 Å². The summed E-state index contributed by atoms with van der Waals surface area (Å²) in [6.07, 6.45) is 0. The van der Waals surface area contributed by atoms with Gasteiger partial charge in [-0.15, -0.1) is 0 Å². The zero-order chi connectivity index (χ0) is 14.0. The minimum atomic E-state index is -1.18. The Kier molecular flexibility index (Phi) is 3.46. The van der Waals surface area contributed by atoms with E-state index in [4.69, 9.17) is 9.84 Å². The molecule has 2 aromatic rings. The molecule has 0 fully saturated rings. The summed E-state index contributed by atoms with van der Waals surface area (Å²) in [6, 6.07) is 7.27. The van der Waals surface area contributed by atoms with Gasteiger partial charge in [0.15, 0.2) is 11.6 Å². The van der Waals surface area contributed by atoms with Crippen LogP contribution >= 0.6 is 0 Å². The Morgan fingerprint density at radius 2 is 1.84 bits per heavy atom. The van der Waals surface area contributed by atoms with Gasteiger partial charge < -0.3 is 9.84 Å². The van der Waals surface area contributed by atoms with E-state index in [1.165, 1.54) is 12.1 Å². The molecule has 98 valence electrons. The fourth-order valence-corrected chi connectivity index (χ4v) is 1.57. The number of hydrogen-bond acceptors (Lipinski definition) is 2. The number of aryl methyl sites for hydroxylation is 1. The van der Waals surface area contributed by atoms with Gasteiger partial charge in [-0.05, 0) is 36.8 Å². The number of carbonyl (C=O) groups is 1. The number of hydrogen-bond donors (Lipinski definition) is 1. The molecule has 0 aromatic heterocycles.